The predicted molar refractivity (Wildman–Crippen MR) is 99.1 cm³/mol. The number of amides is 2. The third-order valence-corrected chi connectivity index (χ3v) is 3.66. The van der Waals surface area contributed by atoms with E-state index in [-0.39, 0.29) is 17.7 Å². The summed E-state index contributed by atoms with van der Waals surface area (Å²) in [5, 5.41) is 6.71. The largest absolute Gasteiger partial charge is 0.326 e. The van der Waals surface area contributed by atoms with Gasteiger partial charge in [-0.15, -0.1) is 0 Å². The smallest absolute Gasteiger partial charge is 0.271 e. The van der Waals surface area contributed by atoms with Crippen molar-refractivity contribution in [3.63, 3.8) is 0 Å². The molecule has 0 atom stereocenters. The molecule has 0 bridgehead atoms. The van der Waals surface area contributed by atoms with Gasteiger partial charge >= 0.3 is 0 Å². The molecule has 5 nitrogen and oxygen atoms in total. The van der Waals surface area contributed by atoms with E-state index < -0.39 is 0 Å². The van der Waals surface area contributed by atoms with Crippen LogP contribution < -0.4 is 10.7 Å². The van der Waals surface area contributed by atoms with Gasteiger partial charge in [0.1, 0.15) is 0 Å². The number of anilines is 1. The van der Waals surface area contributed by atoms with E-state index in [0.717, 1.165) is 10.0 Å². The molecule has 2 rings (SSSR count). The second kappa shape index (κ2) is 8.40. The Morgan fingerprint density at radius 2 is 1.83 bits per heavy atom. The van der Waals surface area contributed by atoms with Crippen molar-refractivity contribution < 1.29 is 9.59 Å². The maximum atomic E-state index is 12.0. The highest BCUT2D eigenvalue weighted by molar-refractivity contribution is 9.10. The normalized spacial score (nSPS) is 10.8. The van der Waals surface area contributed by atoms with E-state index >= 15 is 0 Å². The van der Waals surface area contributed by atoms with E-state index in [1.54, 1.807) is 30.5 Å². The van der Waals surface area contributed by atoms with Crippen molar-refractivity contribution in [1.29, 1.82) is 0 Å². The van der Waals surface area contributed by atoms with Crippen molar-refractivity contribution in [2.24, 2.45) is 11.0 Å². The van der Waals surface area contributed by atoms with Crippen molar-refractivity contribution in [2.45, 2.75) is 13.8 Å². The van der Waals surface area contributed by atoms with Gasteiger partial charge in [0, 0.05) is 21.6 Å². The van der Waals surface area contributed by atoms with Crippen LogP contribution in [-0.2, 0) is 4.79 Å². The fraction of sp³-hybridized carbons (Fsp3) is 0.167. The van der Waals surface area contributed by atoms with Gasteiger partial charge in [0.2, 0.25) is 5.91 Å². The van der Waals surface area contributed by atoms with Crippen molar-refractivity contribution >= 4 is 39.6 Å². The molecule has 0 aliphatic heterocycles. The first kappa shape index (κ1) is 17.9. The van der Waals surface area contributed by atoms with Crippen LogP contribution in [0.25, 0.3) is 0 Å². The fourth-order valence-corrected chi connectivity index (χ4v) is 2.23. The van der Waals surface area contributed by atoms with Crippen LogP contribution in [-0.4, -0.2) is 18.0 Å². The van der Waals surface area contributed by atoms with Crippen molar-refractivity contribution in [3.8, 4) is 0 Å². The summed E-state index contributed by atoms with van der Waals surface area (Å²) in [6, 6.07) is 14.2. The second-order valence-corrected chi connectivity index (χ2v) is 6.39. The van der Waals surface area contributed by atoms with Crippen LogP contribution in [0.5, 0.6) is 0 Å². The minimum Gasteiger partial charge on any atom is -0.326 e. The van der Waals surface area contributed by atoms with Crippen molar-refractivity contribution in [3.05, 3.63) is 64.1 Å². The quantitative estimate of drug-likeness (QED) is 0.604. The summed E-state index contributed by atoms with van der Waals surface area (Å²) in [6.45, 7) is 3.64. The van der Waals surface area contributed by atoms with Gasteiger partial charge in [-0.05, 0) is 42.0 Å². The minimum absolute atomic E-state index is 0.0641. The highest BCUT2D eigenvalue weighted by atomic mass is 79.9. The van der Waals surface area contributed by atoms with Gasteiger partial charge in [-0.2, -0.15) is 5.10 Å². The Bertz CT molecular complexity index is 755. The van der Waals surface area contributed by atoms with Gasteiger partial charge < -0.3 is 5.32 Å². The second-order valence-electron chi connectivity index (χ2n) is 5.48. The third kappa shape index (κ3) is 5.31. The molecule has 0 heterocycles. The van der Waals surface area contributed by atoms with E-state index in [4.69, 9.17) is 0 Å². The lowest BCUT2D eigenvalue weighted by molar-refractivity contribution is -0.118. The van der Waals surface area contributed by atoms with E-state index in [2.05, 4.69) is 31.8 Å². The summed E-state index contributed by atoms with van der Waals surface area (Å²) in [4.78, 5) is 23.6. The van der Waals surface area contributed by atoms with Gasteiger partial charge in [0.15, 0.2) is 0 Å². The highest BCUT2D eigenvalue weighted by Crippen LogP contribution is 2.11. The minimum atomic E-state index is -0.317. The Morgan fingerprint density at radius 3 is 2.46 bits per heavy atom. The molecule has 6 heteroatoms. The van der Waals surface area contributed by atoms with Crippen LogP contribution in [0.3, 0.4) is 0 Å². The maximum absolute atomic E-state index is 12.0. The van der Waals surface area contributed by atoms with Crippen LogP contribution in [0.15, 0.2) is 58.1 Å². The zero-order valence-electron chi connectivity index (χ0n) is 13.4. The highest BCUT2D eigenvalue weighted by Gasteiger charge is 2.08. The molecule has 0 radical (unpaired) electrons. The Labute approximate surface area is 149 Å². The van der Waals surface area contributed by atoms with Gasteiger partial charge in [0.25, 0.3) is 5.91 Å². The molecule has 0 saturated carbocycles. The first-order chi connectivity index (χ1) is 11.5. The first-order valence-electron chi connectivity index (χ1n) is 7.45. The molecule has 0 fully saturated rings. The lowest BCUT2D eigenvalue weighted by Gasteiger charge is -2.08. The summed E-state index contributed by atoms with van der Waals surface area (Å²) in [6.07, 6.45) is 1.57. The Morgan fingerprint density at radius 1 is 1.12 bits per heavy atom. The van der Waals surface area contributed by atoms with Crippen molar-refractivity contribution in [2.75, 3.05) is 5.32 Å². The van der Waals surface area contributed by atoms with Crippen LogP contribution in [0.2, 0.25) is 0 Å². The summed E-state index contributed by atoms with van der Waals surface area (Å²) in [5.41, 5.74) is 4.46. The first-order valence-corrected chi connectivity index (χ1v) is 8.25. The topological polar surface area (TPSA) is 70.6 Å². The average molecular weight is 388 g/mol. The number of carbonyl (C=O) groups excluding carboxylic acids is 2. The summed E-state index contributed by atoms with van der Waals surface area (Å²) in [7, 11) is 0. The molecule has 0 aliphatic carbocycles. The number of rotatable bonds is 5. The molecule has 124 valence electrons. The molecule has 2 aromatic rings. The molecule has 0 aliphatic rings. The Balaban J connectivity index is 1.94. The molecule has 2 N–H and O–H groups in total. The van der Waals surface area contributed by atoms with Crippen LogP contribution in [0, 0.1) is 5.92 Å². The molecule has 2 aromatic carbocycles. The number of carbonyl (C=O) groups is 2. The standard InChI is InChI=1S/C18H18BrN3O2/c1-12(2)17(23)21-16-8-6-14(7-9-16)18(24)22-20-11-13-4-3-5-15(19)10-13/h3-12H,1-2H3,(H,21,23)(H,22,24)/b20-11-. The lowest BCUT2D eigenvalue weighted by Crippen LogP contribution is -2.19. The molecule has 0 aromatic heterocycles. The number of hydrogen-bond donors (Lipinski definition) is 2. The maximum Gasteiger partial charge on any atom is 0.271 e. The summed E-state index contributed by atoms with van der Waals surface area (Å²) < 4.78 is 0.941. The molecular weight excluding hydrogens is 370 g/mol. The van der Waals surface area contributed by atoms with Gasteiger partial charge in [-0.3, -0.25) is 9.59 Å². The molecule has 2 amide bonds. The molecule has 0 spiro atoms. The van der Waals surface area contributed by atoms with Gasteiger partial charge in [-0.1, -0.05) is 41.9 Å². The lowest BCUT2D eigenvalue weighted by atomic mass is 10.1. The van der Waals surface area contributed by atoms with Crippen molar-refractivity contribution in [1.82, 2.24) is 5.43 Å². The predicted octanol–water partition coefficient (Wildman–Crippen LogP) is 3.81. The van der Waals surface area contributed by atoms with Crippen LogP contribution in [0.4, 0.5) is 5.69 Å². The SMILES string of the molecule is CC(C)C(=O)Nc1ccc(C(=O)N/N=C\c2cccc(Br)c2)cc1. The number of nitrogens with zero attached hydrogens (tertiary/aromatic N) is 1. The van der Waals surface area contributed by atoms with E-state index in [9.17, 15) is 9.59 Å². The summed E-state index contributed by atoms with van der Waals surface area (Å²) in [5.74, 6) is -0.478. The third-order valence-electron chi connectivity index (χ3n) is 3.17. The Kier molecular flexibility index (Phi) is 6.26. The van der Waals surface area contributed by atoms with Crippen LogP contribution >= 0.6 is 15.9 Å². The number of benzene rings is 2. The average Bonchev–Trinajstić information content (AvgIpc) is 2.55. The zero-order valence-corrected chi connectivity index (χ0v) is 15.0. The molecule has 0 saturated heterocycles. The molecular formula is C18H18BrN3O2. The van der Waals surface area contributed by atoms with E-state index in [1.807, 2.05) is 38.1 Å². The number of hydrazone groups is 1. The molecule has 24 heavy (non-hydrogen) atoms. The van der Waals surface area contributed by atoms with E-state index in [0.29, 0.717) is 11.3 Å². The monoisotopic (exact) mass is 387 g/mol. The number of hydrogen-bond acceptors (Lipinski definition) is 3. The Hall–Kier alpha value is -2.47. The fourth-order valence-electron chi connectivity index (χ4n) is 1.81. The number of nitrogens with one attached hydrogen (secondary N) is 2. The van der Waals surface area contributed by atoms with Gasteiger partial charge in [-0.25, -0.2) is 5.43 Å². The van der Waals surface area contributed by atoms with Gasteiger partial charge in [0.05, 0.1) is 6.21 Å². The molecule has 0 unspecified atom stereocenters. The summed E-state index contributed by atoms with van der Waals surface area (Å²) >= 11 is 3.37. The van der Waals surface area contributed by atoms with Crippen LogP contribution in [0.1, 0.15) is 29.8 Å². The van der Waals surface area contributed by atoms with E-state index in [1.165, 1.54) is 0 Å². The zero-order chi connectivity index (χ0) is 17.5. The number of halogens is 1.